The first-order valence-corrected chi connectivity index (χ1v) is 7.99. The zero-order chi connectivity index (χ0) is 19.1. The molecule has 0 bridgehead atoms. The second-order valence-corrected chi connectivity index (χ2v) is 5.65. The number of amides is 2. The molecule has 1 aromatic carbocycles. The van der Waals surface area contributed by atoms with E-state index in [1.165, 1.54) is 11.1 Å². The summed E-state index contributed by atoms with van der Waals surface area (Å²) in [5.74, 6) is -3.30. The van der Waals surface area contributed by atoms with Crippen molar-refractivity contribution in [3.63, 3.8) is 0 Å². The van der Waals surface area contributed by atoms with Gasteiger partial charge in [0.25, 0.3) is 0 Å². The summed E-state index contributed by atoms with van der Waals surface area (Å²) in [5, 5.41) is 11.4. The van der Waals surface area contributed by atoms with Crippen molar-refractivity contribution in [2.45, 2.75) is 19.9 Å². The van der Waals surface area contributed by atoms with Crippen LogP contribution in [-0.4, -0.2) is 35.1 Å². The second kappa shape index (κ2) is 9.00. The van der Waals surface area contributed by atoms with Gasteiger partial charge in [-0.2, -0.15) is 0 Å². The molecule has 26 heavy (non-hydrogen) atoms. The molecule has 1 aromatic heterocycles. The van der Waals surface area contributed by atoms with E-state index in [0.717, 1.165) is 23.9 Å². The number of pyridine rings is 1. The smallest absolute Gasteiger partial charge is 0.316 e. The van der Waals surface area contributed by atoms with Crippen LogP contribution in [0.15, 0.2) is 36.5 Å². The van der Waals surface area contributed by atoms with Crippen LogP contribution in [0.2, 0.25) is 0 Å². The molecule has 0 unspecified atom stereocenters. The monoisotopic (exact) mass is 363 g/mol. The summed E-state index contributed by atoms with van der Waals surface area (Å²) in [5.41, 5.74) is 1.37. The lowest BCUT2D eigenvalue weighted by molar-refractivity contribution is -0.137. The van der Waals surface area contributed by atoms with Gasteiger partial charge in [-0.15, -0.1) is 0 Å². The predicted molar refractivity (Wildman–Crippen MR) is 91.2 cm³/mol. The number of carbonyl (C=O) groups excluding carboxylic acids is 2. The third kappa shape index (κ3) is 5.32. The zero-order valence-electron chi connectivity index (χ0n) is 14.2. The molecule has 2 aromatic rings. The topological polar surface area (TPSA) is 82.5 Å². The standard InChI is InChI=1S/C18H19F2N3O3/c1-12-3-4-16(11-21-12)23(5-2-6-24)18(26)17(25)22-10-13-7-14(19)9-15(20)8-13/h3-4,7-9,11,24H,2,5-6,10H2,1H3,(H,22,25). The number of halogens is 2. The van der Waals surface area contributed by atoms with Crippen molar-refractivity contribution in [2.75, 3.05) is 18.1 Å². The minimum absolute atomic E-state index is 0.127. The van der Waals surface area contributed by atoms with Crippen molar-refractivity contribution in [3.05, 3.63) is 59.4 Å². The predicted octanol–water partition coefficient (Wildman–Crippen LogP) is 1.70. The van der Waals surface area contributed by atoms with Crippen molar-refractivity contribution >= 4 is 17.5 Å². The molecule has 0 aliphatic rings. The Bertz CT molecular complexity index is 762. The van der Waals surface area contributed by atoms with E-state index in [1.807, 2.05) is 0 Å². The van der Waals surface area contributed by atoms with Crippen molar-refractivity contribution in [3.8, 4) is 0 Å². The van der Waals surface area contributed by atoms with Gasteiger partial charge in [-0.25, -0.2) is 8.78 Å². The summed E-state index contributed by atoms with van der Waals surface area (Å²) < 4.78 is 26.3. The Kier molecular flexibility index (Phi) is 6.74. The lowest BCUT2D eigenvalue weighted by Crippen LogP contribution is -2.43. The van der Waals surface area contributed by atoms with Crippen LogP contribution in [-0.2, 0) is 16.1 Å². The van der Waals surface area contributed by atoms with Gasteiger partial charge in [0, 0.05) is 31.5 Å². The number of carbonyl (C=O) groups is 2. The summed E-state index contributed by atoms with van der Waals surface area (Å²) >= 11 is 0. The summed E-state index contributed by atoms with van der Waals surface area (Å²) in [4.78, 5) is 29.9. The first-order valence-electron chi connectivity index (χ1n) is 7.99. The first kappa shape index (κ1) is 19.5. The summed E-state index contributed by atoms with van der Waals surface area (Å²) in [6.07, 6.45) is 1.74. The molecule has 0 fully saturated rings. The Morgan fingerprint density at radius 2 is 1.88 bits per heavy atom. The maximum absolute atomic E-state index is 13.2. The number of hydrogen-bond donors (Lipinski definition) is 2. The fourth-order valence-electron chi connectivity index (χ4n) is 2.29. The van der Waals surface area contributed by atoms with Gasteiger partial charge in [-0.1, -0.05) is 0 Å². The molecule has 6 nitrogen and oxygen atoms in total. The van der Waals surface area contributed by atoms with E-state index in [2.05, 4.69) is 10.3 Å². The number of aromatic nitrogens is 1. The van der Waals surface area contributed by atoms with Crippen molar-refractivity contribution < 1.29 is 23.5 Å². The number of hydrogen-bond acceptors (Lipinski definition) is 4. The normalized spacial score (nSPS) is 10.5. The molecule has 138 valence electrons. The highest BCUT2D eigenvalue weighted by Gasteiger charge is 2.23. The highest BCUT2D eigenvalue weighted by Crippen LogP contribution is 2.14. The number of aliphatic hydroxyl groups excluding tert-OH is 1. The van der Waals surface area contributed by atoms with E-state index >= 15 is 0 Å². The Hall–Kier alpha value is -2.87. The molecule has 0 saturated heterocycles. The van der Waals surface area contributed by atoms with Gasteiger partial charge < -0.3 is 15.3 Å². The molecule has 0 radical (unpaired) electrons. The molecule has 0 saturated carbocycles. The van der Waals surface area contributed by atoms with Crippen LogP contribution >= 0.6 is 0 Å². The SMILES string of the molecule is Cc1ccc(N(CCCO)C(=O)C(=O)NCc2cc(F)cc(F)c2)cn1. The average Bonchev–Trinajstić information content (AvgIpc) is 2.60. The Morgan fingerprint density at radius 3 is 2.46 bits per heavy atom. The van der Waals surface area contributed by atoms with E-state index in [0.29, 0.717) is 5.69 Å². The number of aryl methyl sites for hydroxylation is 1. The third-order valence-corrected chi connectivity index (χ3v) is 3.56. The number of aliphatic hydroxyl groups is 1. The van der Waals surface area contributed by atoms with Gasteiger partial charge in [0.15, 0.2) is 0 Å². The lowest BCUT2D eigenvalue weighted by Gasteiger charge is -2.21. The highest BCUT2D eigenvalue weighted by molar-refractivity contribution is 6.40. The maximum Gasteiger partial charge on any atom is 0.316 e. The number of rotatable bonds is 6. The van der Waals surface area contributed by atoms with Gasteiger partial charge >= 0.3 is 11.8 Å². The van der Waals surface area contributed by atoms with Gasteiger partial charge in [0.2, 0.25) is 0 Å². The van der Waals surface area contributed by atoms with Gasteiger partial charge in [0.1, 0.15) is 11.6 Å². The van der Waals surface area contributed by atoms with E-state index in [9.17, 15) is 18.4 Å². The van der Waals surface area contributed by atoms with Crippen LogP contribution < -0.4 is 10.2 Å². The lowest BCUT2D eigenvalue weighted by atomic mass is 10.2. The van der Waals surface area contributed by atoms with Crippen molar-refractivity contribution in [2.24, 2.45) is 0 Å². The summed E-state index contributed by atoms with van der Waals surface area (Å²) in [6.45, 7) is 1.57. The minimum atomic E-state index is -0.923. The van der Waals surface area contributed by atoms with Crippen LogP contribution in [0.3, 0.4) is 0 Å². The Morgan fingerprint density at radius 1 is 1.19 bits per heavy atom. The van der Waals surface area contributed by atoms with E-state index in [4.69, 9.17) is 5.11 Å². The van der Waals surface area contributed by atoms with E-state index in [-0.39, 0.29) is 31.7 Å². The Labute approximate surface area is 149 Å². The van der Waals surface area contributed by atoms with Crippen molar-refractivity contribution in [1.29, 1.82) is 0 Å². The molecule has 0 spiro atoms. The fraction of sp³-hybridized carbons (Fsp3) is 0.278. The number of nitrogens with zero attached hydrogens (tertiary/aromatic N) is 2. The third-order valence-electron chi connectivity index (χ3n) is 3.56. The summed E-state index contributed by atoms with van der Waals surface area (Å²) in [7, 11) is 0. The van der Waals surface area contributed by atoms with E-state index in [1.54, 1.807) is 19.1 Å². The maximum atomic E-state index is 13.2. The molecule has 2 N–H and O–H groups in total. The first-order chi connectivity index (χ1) is 12.4. The van der Waals surface area contributed by atoms with Crippen LogP contribution in [0.1, 0.15) is 17.7 Å². The molecule has 8 heteroatoms. The molecular weight excluding hydrogens is 344 g/mol. The molecule has 0 atom stereocenters. The van der Waals surface area contributed by atoms with Gasteiger partial charge in [-0.05, 0) is 43.2 Å². The van der Waals surface area contributed by atoms with E-state index < -0.39 is 23.4 Å². The van der Waals surface area contributed by atoms with Crippen LogP contribution in [0.5, 0.6) is 0 Å². The van der Waals surface area contributed by atoms with Crippen LogP contribution in [0.4, 0.5) is 14.5 Å². The number of anilines is 1. The highest BCUT2D eigenvalue weighted by atomic mass is 19.1. The van der Waals surface area contributed by atoms with Crippen LogP contribution in [0, 0.1) is 18.6 Å². The Balaban J connectivity index is 2.08. The largest absolute Gasteiger partial charge is 0.396 e. The number of benzene rings is 1. The molecule has 0 aliphatic carbocycles. The fourth-order valence-corrected chi connectivity index (χ4v) is 2.29. The van der Waals surface area contributed by atoms with Gasteiger partial charge in [-0.3, -0.25) is 14.6 Å². The molecule has 2 rings (SSSR count). The zero-order valence-corrected chi connectivity index (χ0v) is 14.2. The molecule has 0 aliphatic heterocycles. The van der Waals surface area contributed by atoms with Crippen molar-refractivity contribution in [1.82, 2.24) is 10.3 Å². The molecular formula is C18H19F2N3O3. The second-order valence-electron chi connectivity index (χ2n) is 5.65. The molecule has 2 amide bonds. The van der Waals surface area contributed by atoms with Crippen LogP contribution in [0.25, 0.3) is 0 Å². The summed E-state index contributed by atoms with van der Waals surface area (Å²) in [6, 6.07) is 6.20. The number of nitrogens with one attached hydrogen (secondary N) is 1. The van der Waals surface area contributed by atoms with Gasteiger partial charge in [0.05, 0.1) is 11.9 Å². The average molecular weight is 363 g/mol. The minimum Gasteiger partial charge on any atom is -0.396 e. The molecule has 1 heterocycles. The quantitative estimate of drug-likeness (QED) is 0.766.